The summed E-state index contributed by atoms with van der Waals surface area (Å²) in [6.07, 6.45) is 12.7. The summed E-state index contributed by atoms with van der Waals surface area (Å²) in [4.78, 5) is 0. The van der Waals surface area contributed by atoms with E-state index in [1.165, 1.54) is 57.8 Å². The molecule has 1 aromatic rings. The number of rotatable bonds is 6. The van der Waals surface area contributed by atoms with E-state index in [1.807, 2.05) is 0 Å². The highest BCUT2D eigenvalue weighted by Gasteiger charge is 2.56. The number of hydrogen-bond acceptors (Lipinski definition) is 1. The van der Waals surface area contributed by atoms with E-state index in [4.69, 9.17) is 5.73 Å². The van der Waals surface area contributed by atoms with Crippen LogP contribution in [0.3, 0.4) is 0 Å². The van der Waals surface area contributed by atoms with Crippen molar-refractivity contribution in [3.05, 3.63) is 35.4 Å². The second kappa shape index (κ2) is 7.38. The predicted molar refractivity (Wildman–Crippen MR) is 105 cm³/mol. The molecule has 4 bridgehead atoms. The minimum Gasteiger partial charge on any atom is -0.330 e. The molecule has 1 aromatic carbocycles. The first kappa shape index (κ1) is 18.3. The smallest absolute Gasteiger partial charge is 0.00739 e. The van der Waals surface area contributed by atoms with Gasteiger partial charge in [0, 0.05) is 0 Å². The highest BCUT2D eigenvalue weighted by molar-refractivity contribution is 5.85. The molecular formula is C22H34ClN. The van der Waals surface area contributed by atoms with Crippen LogP contribution in [0.4, 0.5) is 0 Å². The number of hydrogen-bond donors (Lipinski definition) is 1. The number of nitrogens with two attached hydrogens (primary N) is 1. The molecule has 2 N–H and O–H groups in total. The second-order valence-corrected chi connectivity index (χ2v) is 8.75. The molecule has 4 aliphatic rings. The maximum atomic E-state index is 5.80. The van der Waals surface area contributed by atoms with Gasteiger partial charge in [-0.3, -0.25) is 0 Å². The van der Waals surface area contributed by atoms with Crippen LogP contribution in [0.2, 0.25) is 0 Å². The monoisotopic (exact) mass is 347 g/mol. The summed E-state index contributed by atoms with van der Waals surface area (Å²) in [5.41, 5.74) is 9.73. The van der Waals surface area contributed by atoms with Crippen molar-refractivity contribution in [2.24, 2.45) is 28.9 Å². The summed E-state index contributed by atoms with van der Waals surface area (Å²) < 4.78 is 0. The Balaban J connectivity index is 0.00000169. The lowest BCUT2D eigenvalue weighted by Gasteiger charge is -2.62. The van der Waals surface area contributed by atoms with Crippen molar-refractivity contribution < 1.29 is 0 Å². The van der Waals surface area contributed by atoms with Crippen molar-refractivity contribution in [1.29, 1.82) is 0 Å². The van der Waals surface area contributed by atoms with Crippen LogP contribution in [-0.2, 0) is 6.42 Å². The van der Waals surface area contributed by atoms with Gasteiger partial charge in [0.05, 0.1) is 0 Å². The Labute approximate surface area is 154 Å². The number of aryl methyl sites for hydroxylation is 1. The van der Waals surface area contributed by atoms with Crippen LogP contribution in [0.25, 0.3) is 0 Å². The topological polar surface area (TPSA) is 26.0 Å². The van der Waals surface area contributed by atoms with Gasteiger partial charge in [0.15, 0.2) is 0 Å². The fourth-order valence-corrected chi connectivity index (χ4v) is 6.93. The van der Waals surface area contributed by atoms with E-state index < -0.39 is 0 Å². The third kappa shape index (κ3) is 3.03. The van der Waals surface area contributed by atoms with Gasteiger partial charge < -0.3 is 5.73 Å². The second-order valence-electron chi connectivity index (χ2n) is 8.75. The van der Waals surface area contributed by atoms with Crippen molar-refractivity contribution in [3.63, 3.8) is 0 Å². The Morgan fingerprint density at radius 2 is 1.75 bits per heavy atom. The highest BCUT2D eigenvalue weighted by Crippen LogP contribution is 2.67. The molecule has 4 aliphatic carbocycles. The molecule has 0 amide bonds. The van der Waals surface area contributed by atoms with Crippen LogP contribution in [-0.4, -0.2) is 6.54 Å². The summed E-state index contributed by atoms with van der Waals surface area (Å²) >= 11 is 0. The van der Waals surface area contributed by atoms with Gasteiger partial charge in [0.25, 0.3) is 0 Å². The molecule has 5 rings (SSSR count). The summed E-state index contributed by atoms with van der Waals surface area (Å²) in [7, 11) is 0. The summed E-state index contributed by atoms with van der Waals surface area (Å²) in [6, 6.07) is 9.37. The largest absolute Gasteiger partial charge is 0.330 e. The lowest BCUT2D eigenvalue weighted by molar-refractivity contribution is -0.0812. The SMILES string of the molecule is CCc1ccccc1C1C2CC3CC(C2)CC1(CCCCN)C3.Cl. The van der Waals surface area contributed by atoms with Crippen LogP contribution in [0.1, 0.15) is 75.3 Å². The first-order chi connectivity index (χ1) is 11.3. The number of unbranched alkanes of at least 4 members (excludes halogenated alkanes) is 1. The first-order valence-corrected chi connectivity index (χ1v) is 10.0. The Bertz CT molecular complexity index is 541. The molecule has 134 valence electrons. The minimum atomic E-state index is 0. The average molecular weight is 348 g/mol. The summed E-state index contributed by atoms with van der Waals surface area (Å²) in [5, 5.41) is 0. The fraction of sp³-hybridized carbons (Fsp3) is 0.727. The lowest BCUT2D eigenvalue weighted by Crippen LogP contribution is -2.51. The molecule has 3 unspecified atom stereocenters. The molecule has 0 radical (unpaired) electrons. The Morgan fingerprint density at radius 1 is 1.04 bits per heavy atom. The van der Waals surface area contributed by atoms with Crippen LogP contribution in [0.15, 0.2) is 24.3 Å². The Hall–Kier alpha value is -0.530. The lowest BCUT2D eigenvalue weighted by atomic mass is 9.43. The maximum absolute atomic E-state index is 5.80. The number of halogens is 1. The molecular weight excluding hydrogens is 314 g/mol. The van der Waals surface area contributed by atoms with Gasteiger partial charge in [-0.15, -0.1) is 12.4 Å². The van der Waals surface area contributed by atoms with E-state index in [0.29, 0.717) is 5.41 Å². The highest BCUT2D eigenvalue weighted by atomic mass is 35.5. The predicted octanol–water partition coefficient (Wildman–Crippen LogP) is 5.71. The standard InChI is InChI=1S/C22H33N.ClH/c1-2-18-7-3-4-8-20(18)21-19-12-16-11-17(13-19)15-22(21,14-16)9-5-6-10-23;/h3-4,7-8,16-17,19,21H,2,5-6,9-15,23H2,1H3;1H. The zero-order valence-electron chi connectivity index (χ0n) is 15.2. The van der Waals surface area contributed by atoms with Gasteiger partial charge in [-0.05, 0) is 98.1 Å². The molecule has 4 saturated carbocycles. The summed E-state index contributed by atoms with van der Waals surface area (Å²) in [6.45, 7) is 3.19. The van der Waals surface area contributed by atoms with E-state index in [2.05, 4.69) is 31.2 Å². The Kier molecular flexibility index (Phi) is 5.62. The van der Waals surface area contributed by atoms with Gasteiger partial charge >= 0.3 is 0 Å². The van der Waals surface area contributed by atoms with E-state index in [1.54, 1.807) is 11.1 Å². The normalized spacial score (nSPS) is 36.6. The van der Waals surface area contributed by atoms with E-state index in [0.717, 1.165) is 30.2 Å². The van der Waals surface area contributed by atoms with E-state index >= 15 is 0 Å². The maximum Gasteiger partial charge on any atom is -0.00739 e. The van der Waals surface area contributed by atoms with Crippen LogP contribution in [0.5, 0.6) is 0 Å². The van der Waals surface area contributed by atoms with Crippen molar-refractivity contribution in [3.8, 4) is 0 Å². The van der Waals surface area contributed by atoms with Gasteiger partial charge in [0.2, 0.25) is 0 Å². The molecule has 0 heterocycles. The van der Waals surface area contributed by atoms with Crippen LogP contribution >= 0.6 is 12.4 Å². The van der Waals surface area contributed by atoms with Crippen LogP contribution in [0, 0.1) is 23.2 Å². The van der Waals surface area contributed by atoms with E-state index in [9.17, 15) is 0 Å². The zero-order chi connectivity index (χ0) is 15.9. The molecule has 2 heteroatoms. The van der Waals surface area contributed by atoms with Gasteiger partial charge in [0.1, 0.15) is 0 Å². The molecule has 1 nitrogen and oxygen atoms in total. The fourth-order valence-electron chi connectivity index (χ4n) is 6.93. The molecule has 4 fully saturated rings. The molecule has 0 saturated heterocycles. The van der Waals surface area contributed by atoms with Crippen LogP contribution < -0.4 is 5.73 Å². The molecule has 3 atom stereocenters. The van der Waals surface area contributed by atoms with E-state index in [-0.39, 0.29) is 12.4 Å². The Morgan fingerprint density at radius 3 is 2.42 bits per heavy atom. The minimum absolute atomic E-state index is 0. The van der Waals surface area contributed by atoms with Crippen molar-refractivity contribution in [2.45, 2.75) is 70.6 Å². The third-order valence-electron chi connectivity index (χ3n) is 7.36. The van der Waals surface area contributed by atoms with Crippen molar-refractivity contribution in [2.75, 3.05) is 6.54 Å². The quantitative estimate of drug-likeness (QED) is 0.655. The zero-order valence-corrected chi connectivity index (χ0v) is 16.0. The average Bonchev–Trinajstić information content (AvgIpc) is 2.54. The van der Waals surface area contributed by atoms with Gasteiger partial charge in [-0.2, -0.15) is 0 Å². The first-order valence-electron chi connectivity index (χ1n) is 10.0. The molecule has 0 aromatic heterocycles. The molecule has 0 spiro atoms. The van der Waals surface area contributed by atoms with Gasteiger partial charge in [-0.25, -0.2) is 0 Å². The molecule has 0 aliphatic heterocycles. The third-order valence-corrected chi connectivity index (χ3v) is 7.36. The molecule has 24 heavy (non-hydrogen) atoms. The van der Waals surface area contributed by atoms with Gasteiger partial charge in [-0.1, -0.05) is 37.6 Å². The summed E-state index contributed by atoms with van der Waals surface area (Å²) in [5.74, 6) is 3.88. The van der Waals surface area contributed by atoms with Crippen molar-refractivity contribution >= 4 is 12.4 Å². The number of benzene rings is 1. The van der Waals surface area contributed by atoms with Crippen molar-refractivity contribution in [1.82, 2.24) is 0 Å².